The molecular weight excluding hydrogens is 421 g/mol. The Balaban J connectivity index is 1.40. The van der Waals surface area contributed by atoms with Gasteiger partial charge in [0.1, 0.15) is 25.6 Å². The number of pyridine rings is 1. The van der Waals surface area contributed by atoms with Gasteiger partial charge in [-0.2, -0.15) is 13.2 Å². The summed E-state index contributed by atoms with van der Waals surface area (Å²) in [7, 11) is 0. The summed E-state index contributed by atoms with van der Waals surface area (Å²) < 4.78 is 57.1. The Kier molecular flexibility index (Phi) is 4.09. The first-order valence-electron chi connectivity index (χ1n) is 10.4. The van der Waals surface area contributed by atoms with Crippen molar-refractivity contribution in [2.75, 3.05) is 31.3 Å². The number of rotatable bonds is 2. The highest BCUT2D eigenvalue weighted by atomic mass is 19.4. The van der Waals surface area contributed by atoms with Crippen molar-refractivity contribution < 1.29 is 27.4 Å². The first kappa shape index (κ1) is 19.3. The van der Waals surface area contributed by atoms with Gasteiger partial charge in [-0.15, -0.1) is 0 Å². The molecule has 3 aromatic rings. The number of para-hydroxylation sites is 1. The predicted octanol–water partition coefficient (Wildman–Crippen LogP) is 4.57. The number of hydrogen-bond donors (Lipinski definition) is 0. The van der Waals surface area contributed by atoms with Gasteiger partial charge in [-0.1, -0.05) is 18.2 Å². The highest BCUT2D eigenvalue weighted by Gasteiger charge is 2.50. The molecule has 2 aromatic carbocycles. The lowest BCUT2D eigenvalue weighted by Crippen LogP contribution is -2.36. The third-order valence-corrected chi connectivity index (χ3v) is 6.35. The second-order valence-electron chi connectivity index (χ2n) is 8.27. The predicted molar refractivity (Wildman–Crippen MR) is 110 cm³/mol. The summed E-state index contributed by atoms with van der Waals surface area (Å²) in [5.41, 5.74) is 2.30. The van der Waals surface area contributed by atoms with Crippen molar-refractivity contribution in [3.63, 3.8) is 0 Å². The van der Waals surface area contributed by atoms with E-state index in [2.05, 4.69) is 16.0 Å². The first-order chi connectivity index (χ1) is 15.4. The standard InChI is InChI=1S/C24H19F3N2O3/c25-24(26,27)15-5-6-28-16(9-15)12-29-13-23(17-3-1-2-4-19(17)29)14-32-20-11-22-21(10-18(20)23)30-7-8-31-22/h1-6,9-11H,7-8,12-14H2. The van der Waals surface area contributed by atoms with Gasteiger partial charge in [0.25, 0.3) is 0 Å². The van der Waals surface area contributed by atoms with Gasteiger partial charge in [-0.25, -0.2) is 0 Å². The fourth-order valence-corrected chi connectivity index (χ4v) is 4.92. The molecule has 1 aromatic heterocycles. The van der Waals surface area contributed by atoms with E-state index >= 15 is 0 Å². The molecule has 8 heteroatoms. The molecule has 1 spiro atoms. The second kappa shape index (κ2) is 6.79. The lowest BCUT2D eigenvalue weighted by Gasteiger charge is -2.26. The van der Waals surface area contributed by atoms with Gasteiger partial charge in [0.05, 0.1) is 23.2 Å². The molecule has 0 fully saturated rings. The van der Waals surface area contributed by atoms with Crippen LogP contribution in [0.5, 0.6) is 17.2 Å². The monoisotopic (exact) mass is 440 g/mol. The van der Waals surface area contributed by atoms with E-state index in [1.165, 1.54) is 6.20 Å². The Morgan fingerprint density at radius 2 is 1.69 bits per heavy atom. The van der Waals surface area contributed by atoms with Crippen molar-refractivity contribution >= 4 is 5.69 Å². The van der Waals surface area contributed by atoms with Crippen LogP contribution < -0.4 is 19.1 Å². The highest BCUT2D eigenvalue weighted by Crippen LogP contribution is 2.54. The molecule has 0 saturated carbocycles. The summed E-state index contributed by atoms with van der Waals surface area (Å²) in [5.74, 6) is 2.11. The summed E-state index contributed by atoms with van der Waals surface area (Å²) >= 11 is 0. The second-order valence-corrected chi connectivity index (χ2v) is 8.27. The minimum Gasteiger partial charge on any atom is -0.492 e. The molecule has 3 aliphatic rings. The van der Waals surface area contributed by atoms with Crippen molar-refractivity contribution in [3.05, 3.63) is 77.1 Å². The van der Waals surface area contributed by atoms with Gasteiger partial charge in [-0.3, -0.25) is 4.98 Å². The average Bonchev–Trinajstić information content (AvgIpc) is 3.30. The number of nitrogens with zero attached hydrogens (tertiary/aromatic N) is 2. The van der Waals surface area contributed by atoms with Crippen LogP contribution in [0.25, 0.3) is 0 Å². The summed E-state index contributed by atoms with van der Waals surface area (Å²) in [6, 6.07) is 13.9. The molecule has 6 rings (SSSR count). The van der Waals surface area contributed by atoms with E-state index in [1.54, 1.807) is 0 Å². The van der Waals surface area contributed by atoms with Crippen molar-refractivity contribution in [2.24, 2.45) is 0 Å². The molecule has 0 bridgehead atoms. The Labute approximate surface area is 182 Å². The van der Waals surface area contributed by atoms with Crippen molar-refractivity contribution in [1.82, 2.24) is 4.98 Å². The number of halogens is 3. The molecule has 1 atom stereocenters. The van der Waals surface area contributed by atoms with Crippen LogP contribution in [-0.4, -0.2) is 31.3 Å². The van der Waals surface area contributed by atoms with Gasteiger partial charge >= 0.3 is 6.18 Å². The Morgan fingerprint density at radius 3 is 2.50 bits per heavy atom. The van der Waals surface area contributed by atoms with Crippen LogP contribution in [0.2, 0.25) is 0 Å². The molecule has 0 N–H and O–H groups in total. The van der Waals surface area contributed by atoms with E-state index < -0.39 is 17.2 Å². The number of benzene rings is 2. The average molecular weight is 440 g/mol. The molecule has 4 heterocycles. The van der Waals surface area contributed by atoms with E-state index in [1.807, 2.05) is 30.3 Å². The quantitative estimate of drug-likeness (QED) is 0.584. The van der Waals surface area contributed by atoms with Gasteiger partial charge in [0.2, 0.25) is 0 Å². The van der Waals surface area contributed by atoms with Crippen LogP contribution in [-0.2, 0) is 18.1 Å². The number of anilines is 1. The minimum atomic E-state index is -4.40. The maximum Gasteiger partial charge on any atom is 0.416 e. The van der Waals surface area contributed by atoms with Crippen LogP contribution in [0.15, 0.2) is 54.7 Å². The third kappa shape index (κ3) is 2.89. The molecule has 0 amide bonds. The van der Waals surface area contributed by atoms with Crippen LogP contribution in [0.4, 0.5) is 18.9 Å². The first-order valence-corrected chi connectivity index (χ1v) is 10.4. The number of alkyl halides is 3. The molecule has 32 heavy (non-hydrogen) atoms. The molecule has 0 aliphatic carbocycles. The molecule has 164 valence electrons. The third-order valence-electron chi connectivity index (χ3n) is 6.35. The summed E-state index contributed by atoms with van der Waals surface area (Å²) in [6.45, 7) is 2.26. The Hall–Kier alpha value is -3.42. The minimum absolute atomic E-state index is 0.266. The normalized spacial score (nSPS) is 20.8. The summed E-state index contributed by atoms with van der Waals surface area (Å²) in [6.07, 6.45) is -3.19. The van der Waals surface area contributed by atoms with E-state index in [0.717, 1.165) is 34.7 Å². The van der Waals surface area contributed by atoms with E-state index in [9.17, 15) is 13.2 Å². The summed E-state index contributed by atoms with van der Waals surface area (Å²) in [5, 5.41) is 0. The zero-order valence-electron chi connectivity index (χ0n) is 17.0. The number of fused-ring (bicyclic) bond motifs is 5. The molecule has 0 saturated heterocycles. The van der Waals surface area contributed by atoms with Crippen molar-refractivity contribution in [1.29, 1.82) is 0 Å². The Morgan fingerprint density at radius 1 is 0.906 bits per heavy atom. The van der Waals surface area contributed by atoms with Gasteiger partial charge in [0.15, 0.2) is 11.5 Å². The van der Waals surface area contributed by atoms with E-state index in [-0.39, 0.29) is 6.54 Å². The number of ether oxygens (including phenoxy) is 3. The SMILES string of the molecule is FC(F)(F)c1ccnc(CN2CC3(COc4cc5c(cc43)OCCO5)c3ccccc32)c1. The molecular formula is C24H19F3N2O3. The van der Waals surface area contributed by atoms with Crippen LogP contribution >= 0.6 is 0 Å². The number of aromatic nitrogens is 1. The van der Waals surface area contributed by atoms with Gasteiger partial charge < -0.3 is 19.1 Å². The summed E-state index contributed by atoms with van der Waals surface area (Å²) in [4.78, 5) is 6.27. The van der Waals surface area contributed by atoms with Gasteiger partial charge in [-0.05, 0) is 29.8 Å². The zero-order valence-corrected chi connectivity index (χ0v) is 17.0. The topological polar surface area (TPSA) is 43.8 Å². The van der Waals surface area contributed by atoms with Crippen molar-refractivity contribution in [3.8, 4) is 17.2 Å². The molecule has 0 radical (unpaired) electrons. The smallest absolute Gasteiger partial charge is 0.416 e. The maximum atomic E-state index is 13.2. The van der Waals surface area contributed by atoms with E-state index in [4.69, 9.17) is 14.2 Å². The maximum absolute atomic E-state index is 13.2. The highest BCUT2D eigenvalue weighted by molar-refractivity contribution is 5.70. The largest absolute Gasteiger partial charge is 0.492 e. The number of hydrogen-bond acceptors (Lipinski definition) is 5. The lowest BCUT2D eigenvalue weighted by atomic mass is 9.77. The lowest BCUT2D eigenvalue weighted by molar-refractivity contribution is -0.137. The fourth-order valence-electron chi connectivity index (χ4n) is 4.92. The zero-order chi connectivity index (χ0) is 21.9. The van der Waals surface area contributed by atoms with Crippen LogP contribution in [0.3, 0.4) is 0 Å². The van der Waals surface area contributed by atoms with E-state index in [0.29, 0.717) is 43.6 Å². The fraction of sp³-hybridized carbons (Fsp3) is 0.292. The van der Waals surface area contributed by atoms with Crippen LogP contribution in [0, 0.1) is 0 Å². The molecule has 5 nitrogen and oxygen atoms in total. The van der Waals surface area contributed by atoms with Crippen LogP contribution in [0.1, 0.15) is 22.4 Å². The van der Waals surface area contributed by atoms with Crippen molar-refractivity contribution in [2.45, 2.75) is 18.1 Å². The Bertz CT molecular complexity index is 1210. The molecule has 1 unspecified atom stereocenters. The molecule has 3 aliphatic heterocycles. The van der Waals surface area contributed by atoms with Gasteiger partial charge in [0, 0.05) is 30.1 Å².